The van der Waals surface area contributed by atoms with Crippen molar-refractivity contribution in [1.29, 1.82) is 0 Å². The highest BCUT2D eigenvalue weighted by molar-refractivity contribution is 7.18. The van der Waals surface area contributed by atoms with Gasteiger partial charge in [0, 0.05) is 24.5 Å². The third-order valence-electron chi connectivity index (χ3n) is 4.16. The summed E-state index contributed by atoms with van der Waals surface area (Å²) in [6, 6.07) is 12.6. The van der Waals surface area contributed by atoms with Gasteiger partial charge in [-0.15, -0.1) is 11.3 Å². The lowest BCUT2D eigenvalue weighted by Crippen LogP contribution is -2.39. The van der Waals surface area contributed by atoms with Gasteiger partial charge in [-0.25, -0.2) is 4.68 Å². The van der Waals surface area contributed by atoms with Crippen LogP contribution < -0.4 is 10.6 Å². The van der Waals surface area contributed by atoms with Crippen molar-refractivity contribution in [3.8, 4) is 5.69 Å². The van der Waals surface area contributed by atoms with Gasteiger partial charge in [-0.05, 0) is 42.5 Å². The largest absolute Gasteiger partial charge is 0.382 e. The minimum atomic E-state index is -0.757. The fourth-order valence-electron chi connectivity index (χ4n) is 2.74. The maximum atomic E-state index is 12.2. The van der Waals surface area contributed by atoms with Crippen LogP contribution in [0.15, 0.2) is 60.0 Å². The van der Waals surface area contributed by atoms with Gasteiger partial charge in [0.05, 0.1) is 21.4 Å². The molecule has 8 nitrogen and oxygen atoms in total. The molecule has 3 heterocycles. The van der Waals surface area contributed by atoms with Gasteiger partial charge >= 0.3 is 0 Å². The molecule has 2 aromatic heterocycles. The number of anilines is 1. The third kappa shape index (κ3) is 4.64. The summed E-state index contributed by atoms with van der Waals surface area (Å²) in [6.45, 7) is -0.167. The molecule has 0 saturated carbocycles. The van der Waals surface area contributed by atoms with Crippen molar-refractivity contribution in [2.75, 3.05) is 11.9 Å². The van der Waals surface area contributed by atoms with E-state index in [1.807, 2.05) is 30.5 Å². The van der Waals surface area contributed by atoms with Crippen LogP contribution in [0.1, 0.15) is 11.3 Å². The van der Waals surface area contributed by atoms with E-state index in [1.165, 1.54) is 11.3 Å². The van der Waals surface area contributed by atoms with Gasteiger partial charge in [-0.2, -0.15) is 5.10 Å². The number of nitrogens with one attached hydrogen (secondary N) is 2. The predicted octanol–water partition coefficient (Wildman–Crippen LogP) is 2.84. The highest BCUT2D eigenvalue weighted by Crippen LogP contribution is 2.26. The summed E-state index contributed by atoms with van der Waals surface area (Å²) < 4.78 is 2.36. The summed E-state index contributed by atoms with van der Waals surface area (Å²) in [4.78, 5) is 30.4. The minimum Gasteiger partial charge on any atom is -0.382 e. The van der Waals surface area contributed by atoms with Crippen molar-refractivity contribution in [1.82, 2.24) is 15.1 Å². The van der Waals surface area contributed by atoms with Crippen LogP contribution in [0.2, 0.25) is 4.34 Å². The number of rotatable bonds is 6. The first kappa shape index (κ1) is 19.2. The van der Waals surface area contributed by atoms with E-state index in [0.29, 0.717) is 22.2 Å². The topological polar surface area (TPSA) is 97.6 Å². The molecule has 2 amide bonds. The number of nitrogens with zero attached hydrogens (tertiary/aromatic N) is 3. The Morgan fingerprint density at radius 2 is 2.07 bits per heavy atom. The summed E-state index contributed by atoms with van der Waals surface area (Å²) in [5, 5.41) is 13.4. The van der Waals surface area contributed by atoms with Crippen molar-refractivity contribution in [2.24, 2.45) is 5.16 Å². The molecule has 1 atom stereocenters. The van der Waals surface area contributed by atoms with Crippen LogP contribution in [0.25, 0.3) is 5.69 Å². The monoisotopic (exact) mass is 429 g/mol. The zero-order chi connectivity index (χ0) is 20.2. The van der Waals surface area contributed by atoms with Crippen molar-refractivity contribution in [3.05, 3.63) is 64.1 Å². The van der Waals surface area contributed by atoms with Gasteiger partial charge in [-0.3, -0.25) is 9.59 Å². The Morgan fingerprint density at radius 1 is 1.24 bits per heavy atom. The van der Waals surface area contributed by atoms with E-state index in [1.54, 1.807) is 29.1 Å². The van der Waals surface area contributed by atoms with Crippen molar-refractivity contribution < 1.29 is 14.4 Å². The van der Waals surface area contributed by atoms with Gasteiger partial charge < -0.3 is 15.5 Å². The average molecular weight is 430 g/mol. The molecule has 2 N–H and O–H groups in total. The van der Waals surface area contributed by atoms with Crippen LogP contribution in [-0.4, -0.2) is 40.0 Å². The van der Waals surface area contributed by atoms with Gasteiger partial charge in [0.2, 0.25) is 12.0 Å². The minimum absolute atomic E-state index is 0.167. The maximum Gasteiger partial charge on any atom is 0.264 e. The van der Waals surface area contributed by atoms with E-state index in [2.05, 4.69) is 20.9 Å². The average Bonchev–Trinajstić information content (AvgIpc) is 3.48. The lowest BCUT2D eigenvalue weighted by Gasteiger charge is -2.10. The maximum absolute atomic E-state index is 12.2. The number of halogens is 1. The van der Waals surface area contributed by atoms with Gasteiger partial charge in [0.1, 0.15) is 5.71 Å². The second-order valence-electron chi connectivity index (χ2n) is 6.20. The zero-order valence-electron chi connectivity index (χ0n) is 15.0. The molecule has 1 unspecified atom stereocenters. The number of carbonyl (C=O) groups excluding carboxylic acids is 2. The fraction of sp³-hybridized carbons (Fsp3) is 0.158. The molecule has 1 aliphatic rings. The summed E-state index contributed by atoms with van der Waals surface area (Å²) in [6.07, 6.45) is 3.10. The van der Waals surface area contributed by atoms with Crippen molar-refractivity contribution in [3.63, 3.8) is 0 Å². The first-order valence-corrected chi connectivity index (χ1v) is 9.94. The summed E-state index contributed by atoms with van der Waals surface area (Å²) in [5.41, 5.74) is 2.17. The van der Waals surface area contributed by atoms with Crippen molar-refractivity contribution in [2.45, 2.75) is 12.5 Å². The van der Waals surface area contributed by atoms with Crippen LogP contribution in [0.3, 0.4) is 0 Å². The van der Waals surface area contributed by atoms with Gasteiger partial charge in [0.25, 0.3) is 5.91 Å². The van der Waals surface area contributed by atoms with Crippen LogP contribution >= 0.6 is 22.9 Å². The molecule has 0 saturated heterocycles. The Balaban J connectivity index is 1.24. The number of aromatic nitrogens is 2. The van der Waals surface area contributed by atoms with Crippen LogP contribution in [-0.2, 0) is 14.4 Å². The van der Waals surface area contributed by atoms with E-state index in [-0.39, 0.29) is 12.5 Å². The number of hydrogen-bond donors (Lipinski definition) is 2. The second kappa shape index (κ2) is 8.46. The zero-order valence-corrected chi connectivity index (χ0v) is 16.6. The highest BCUT2D eigenvalue weighted by atomic mass is 35.5. The Hall–Kier alpha value is -3.17. The molecular weight excluding hydrogens is 414 g/mol. The normalized spacial score (nSPS) is 15.5. The van der Waals surface area contributed by atoms with Gasteiger partial charge in [0.15, 0.2) is 0 Å². The molecule has 148 valence electrons. The molecular formula is C19H16ClN5O3S. The molecule has 0 fully saturated rings. The number of thiophene rings is 1. The number of benzene rings is 1. The van der Waals surface area contributed by atoms with E-state index < -0.39 is 12.0 Å². The molecule has 1 aromatic carbocycles. The smallest absolute Gasteiger partial charge is 0.264 e. The quantitative estimate of drug-likeness (QED) is 0.629. The molecule has 10 heteroatoms. The Labute approximate surface area is 175 Å². The SMILES string of the molecule is O=C(CNC(=O)C1CC(c2ccc(Cl)s2)=NO1)Nc1ccc(-n2cccn2)cc1. The Bertz CT molecular complexity index is 1050. The molecule has 0 radical (unpaired) electrons. The van der Waals surface area contributed by atoms with Crippen LogP contribution in [0.5, 0.6) is 0 Å². The second-order valence-corrected chi connectivity index (χ2v) is 7.92. The Kier molecular flexibility index (Phi) is 5.59. The molecule has 0 bridgehead atoms. The lowest BCUT2D eigenvalue weighted by molar-refractivity contribution is -0.132. The molecule has 3 aromatic rings. The molecule has 1 aliphatic heterocycles. The van der Waals surface area contributed by atoms with E-state index in [4.69, 9.17) is 16.4 Å². The standard InChI is InChI=1S/C19H16ClN5O3S/c20-17-7-6-16(29-17)14-10-15(28-24-14)19(27)21-11-18(26)23-12-2-4-13(5-3-12)25-9-1-8-22-25/h1-9,15H,10-11H2,(H,21,27)(H,23,26). The summed E-state index contributed by atoms with van der Waals surface area (Å²) >= 11 is 7.29. The third-order valence-corrected chi connectivity index (χ3v) is 5.44. The van der Waals surface area contributed by atoms with E-state index in [0.717, 1.165) is 10.6 Å². The first-order valence-electron chi connectivity index (χ1n) is 8.74. The molecule has 4 rings (SSSR count). The molecule has 0 spiro atoms. The number of amides is 2. The van der Waals surface area contributed by atoms with Gasteiger partial charge in [-0.1, -0.05) is 16.8 Å². The molecule has 0 aliphatic carbocycles. The van der Waals surface area contributed by atoms with Crippen LogP contribution in [0, 0.1) is 0 Å². The molecule has 29 heavy (non-hydrogen) atoms. The first-order chi connectivity index (χ1) is 14.1. The Morgan fingerprint density at radius 3 is 2.76 bits per heavy atom. The number of oxime groups is 1. The number of carbonyl (C=O) groups is 2. The highest BCUT2D eigenvalue weighted by Gasteiger charge is 2.29. The fourth-order valence-corrected chi connectivity index (χ4v) is 3.77. The lowest BCUT2D eigenvalue weighted by atomic mass is 10.1. The van der Waals surface area contributed by atoms with Crippen LogP contribution in [0.4, 0.5) is 5.69 Å². The number of hydrogen-bond acceptors (Lipinski definition) is 6. The predicted molar refractivity (Wildman–Crippen MR) is 111 cm³/mol. The van der Waals surface area contributed by atoms with Crippen molar-refractivity contribution >= 4 is 46.2 Å². The van der Waals surface area contributed by atoms with E-state index in [9.17, 15) is 9.59 Å². The summed E-state index contributed by atoms with van der Waals surface area (Å²) in [5.74, 6) is -0.732. The van der Waals surface area contributed by atoms with E-state index >= 15 is 0 Å². The summed E-state index contributed by atoms with van der Waals surface area (Å²) in [7, 11) is 0.